The van der Waals surface area contributed by atoms with Gasteiger partial charge < -0.3 is 4.90 Å². The summed E-state index contributed by atoms with van der Waals surface area (Å²) in [6, 6.07) is 8.45. The monoisotopic (exact) mass is 265 g/mol. The first-order valence-corrected chi connectivity index (χ1v) is 7.25. The third-order valence-electron chi connectivity index (χ3n) is 3.48. The number of unbranched alkanes of at least 4 members (excludes halogenated alkanes) is 1. The van der Waals surface area contributed by atoms with Crippen molar-refractivity contribution in [2.75, 3.05) is 12.4 Å². The van der Waals surface area contributed by atoms with E-state index in [9.17, 15) is 4.79 Å². The molecule has 1 aromatic rings. The number of amides is 1. The second-order valence-electron chi connectivity index (χ2n) is 4.83. The lowest BCUT2D eigenvalue weighted by Gasteiger charge is -2.20. The Morgan fingerprint density at radius 3 is 2.78 bits per heavy atom. The van der Waals surface area contributed by atoms with Gasteiger partial charge in [-0.05, 0) is 36.8 Å². The van der Waals surface area contributed by atoms with E-state index >= 15 is 0 Å². The maximum absolute atomic E-state index is 12.1. The summed E-state index contributed by atoms with van der Waals surface area (Å²) in [7, 11) is 0. The number of hydrogen-bond acceptors (Lipinski definition) is 1. The molecule has 2 nitrogen and oxygen atoms in total. The van der Waals surface area contributed by atoms with Crippen molar-refractivity contribution >= 4 is 17.5 Å². The van der Waals surface area contributed by atoms with Crippen LogP contribution in [0.2, 0.25) is 0 Å². The fourth-order valence-corrected chi connectivity index (χ4v) is 2.63. The molecule has 1 heterocycles. The molecule has 0 spiro atoms. The second kappa shape index (κ2) is 6.79. The van der Waals surface area contributed by atoms with Crippen LogP contribution in [0.25, 0.3) is 0 Å². The number of benzene rings is 1. The molecule has 0 saturated carbocycles. The van der Waals surface area contributed by atoms with Gasteiger partial charge in [0, 0.05) is 25.4 Å². The first kappa shape index (κ1) is 13.4. The van der Waals surface area contributed by atoms with Crippen LogP contribution in [0.3, 0.4) is 0 Å². The van der Waals surface area contributed by atoms with Gasteiger partial charge >= 0.3 is 0 Å². The fraction of sp³-hybridized carbons (Fsp3) is 0.533. The van der Waals surface area contributed by atoms with E-state index in [0.29, 0.717) is 12.3 Å². The van der Waals surface area contributed by atoms with E-state index in [1.807, 2.05) is 4.90 Å². The highest BCUT2D eigenvalue weighted by Gasteiger charge is 2.17. The molecule has 0 aromatic heterocycles. The van der Waals surface area contributed by atoms with E-state index in [2.05, 4.69) is 24.3 Å². The van der Waals surface area contributed by atoms with Crippen molar-refractivity contribution in [1.82, 2.24) is 4.90 Å². The summed E-state index contributed by atoms with van der Waals surface area (Å²) in [6.07, 6.45) is 4.62. The van der Waals surface area contributed by atoms with Crippen LogP contribution in [0.4, 0.5) is 0 Å². The summed E-state index contributed by atoms with van der Waals surface area (Å²) in [6.45, 7) is 1.66. The van der Waals surface area contributed by atoms with Crippen LogP contribution < -0.4 is 0 Å². The number of fused-ring (bicyclic) bond motifs is 1. The number of carbonyl (C=O) groups is 1. The van der Waals surface area contributed by atoms with Gasteiger partial charge in [-0.25, -0.2) is 0 Å². The Morgan fingerprint density at radius 2 is 2.00 bits per heavy atom. The van der Waals surface area contributed by atoms with Gasteiger partial charge in [0.2, 0.25) is 5.91 Å². The Balaban J connectivity index is 1.97. The molecule has 3 heteroatoms. The Labute approximate surface area is 114 Å². The molecule has 0 aliphatic carbocycles. The lowest BCUT2D eigenvalue weighted by atomic mass is 10.0. The minimum absolute atomic E-state index is 0.275. The first-order chi connectivity index (χ1) is 8.81. The van der Waals surface area contributed by atoms with Gasteiger partial charge in [0.05, 0.1) is 0 Å². The summed E-state index contributed by atoms with van der Waals surface area (Å²) in [5.41, 5.74) is 2.70. The quantitative estimate of drug-likeness (QED) is 0.604. The molecule has 0 fully saturated rings. The minimum atomic E-state index is 0.275. The largest absolute Gasteiger partial charge is 0.338 e. The van der Waals surface area contributed by atoms with Crippen LogP contribution in [0.15, 0.2) is 24.3 Å². The van der Waals surface area contributed by atoms with Crippen LogP contribution in [0, 0.1) is 0 Å². The lowest BCUT2D eigenvalue weighted by molar-refractivity contribution is -0.131. The van der Waals surface area contributed by atoms with Crippen molar-refractivity contribution in [1.29, 1.82) is 0 Å². The molecule has 1 aliphatic heterocycles. The van der Waals surface area contributed by atoms with E-state index in [-0.39, 0.29) is 5.91 Å². The van der Waals surface area contributed by atoms with Crippen LogP contribution in [-0.2, 0) is 17.8 Å². The third-order valence-corrected chi connectivity index (χ3v) is 3.75. The zero-order valence-corrected chi connectivity index (χ0v) is 11.5. The van der Waals surface area contributed by atoms with Crippen LogP contribution >= 0.6 is 11.6 Å². The molecule has 0 N–H and O–H groups in total. The fourth-order valence-electron chi connectivity index (χ4n) is 2.44. The van der Waals surface area contributed by atoms with E-state index in [0.717, 1.165) is 38.8 Å². The molecule has 1 amide bonds. The van der Waals surface area contributed by atoms with Crippen molar-refractivity contribution < 1.29 is 4.79 Å². The topological polar surface area (TPSA) is 20.3 Å². The van der Waals surface area contributed by atoms with Crippen LogP contribution in [0.1, 0.15) is 36.8 Å². The number of nitrogens with zero attached hydrogens (tertiary/aromatic N) is 1. The van der Waals surface area contributed by atoms with Gasteiger partial charge in [0.25, 0.3) is 0 Å². The molecule has 0 bridgehead atoms. The summed E-state index contributed by atoms with van der Waals surface area (Å²) in [5, 5.41) is 0. The molecule has 0 saturated heterocycles. The molecular formula is C15H20ClNO. The average molecular weight is 266 g/mol. The molecule has 0 unspecified atom stereocenters. The van der Waals surface area contributed by atoms with Gasteiger partial charge in [-0.3, -0.25) is 4.79 Å². The first-order valence-electron chi connectivity index (χ1n) is 6.72. The lowest BCUT2D eigenvalue weighted by Crippen LogP contribution is -2.30. The molecule has 98 valence electrons. The normalized spacial score (nSPS) is 15.1. The number of hydrogen-bond donors (Lipinski definition) is 0. The highest BCUT2D eigenvalue weighted by Crippen LogP contribution is 2.19. The Bertz CT molecular complexity index is 405. The number of alkyl halides is 1. The average Bonchev–Trinajstić information content (AvgIpc) is 2.61. The molecule has 2 rings (SSSR count). The van der Waals surface area contributed by atoms with Crippen molar-refractivity contribution in [2.24, 2.45) is 0 Å². The molecule has 0 radical (unpaired) electrons. The predicted octanol–water partition coefficient (Wildman–Crippen LogP) is 3.37. The second-order valence-corrected chi connectivity index (χ2v) is 5.21. The summed E-state index contributed by atoms with van der Waals surface area (Å²) in [4.78, 5) is 14.1. The van der Waals surface area contributed by atoms with Gasteiger partial charge in [-0.1, -0.05) is 24.3 Å². The number of halogens is 1. The van der Waals surface area contributed by atoms with Gasteiger partial charge in [0.15, 0.2) is 0 Å². The molecule has 18 heavy (non-hydrogen) atoms. The molecule has 1 aromatic carbocycles. The number of rotatable bonds is 4. The van der Waals surface area contributed by atoms with Crippen molar-refractivity contribution in [3.8, 4) is 0 Å². The predicted molar refractivity (Wildman–Crippen MR) is 74.8 cm³/mol. The maximum Gasteiger partial charge on any atom is 0.222 e. The Morgan fingerprint density at radius 1 is 1.22 bits per heavy atom. The third kappa shape index (κ3) is 3.49. The van der Waals surface area contributed by atoms with E-state index in [1.165, 1.54) is 11.1 Å². The van der Waals surface area contributed by atoms with E-state index in [1.54, 1.807) is 0 Å². The highest BCUT2D eigenvalue weighted by atomic mass is 35.5. The summed E-state index contributed by atoms with van der Waals surface area (Å²) in [5.74, 6) is 0.924. The standard InChI is InChI=1S/C15H20ClNO/c16-10-4-3-9-15(18)17-11-5-8-13-6-1-2-7-14(13)12-17/h1-2,6-7H,3-5,8-12H2. The highest BCUT2D eigenvalue weighted by molar-refractivity contribution is 6.17. The van der Waals surface area contributed by atoms with Crippen LogP contribution in [0.5, 0.6) is 0 Å². The summed E-state index contributed by atoms with van der Waals surface area (Å²) < 4.78 is 0. The van der Waals surface area contributed by atoms with Crippen molar-refractivity contribution in [3.05, 3.63) is 35.4 Å². The minimum Gasteiger partial charge on any atom is -0.338 e. The molecular weight excluding hydrogens is 246 g/mol. The smallest absolute Gasteiger partial charge is 0.222 e. The van der Waals surface area contributed by atoms with E-state index < -0.39 is 0 Å². The zero-order valence-electron chi connectivity index (χ0n) is 10.7. The van der Waals surface area contributed by atoms with Crippen LogP contribution in [-0.4, -0.2) is 23.2 Å². The zero-order chi connectivity index (χ0) is 12.8. The molecule has 1 aliphatic rings. The van der Waals surface area contributed by atoms with Gasteiger partial charge in [-0.2, -0.15) is 0 Å². The SMILES string of the molecule is O=C(CCCCCl)N1CCCc2ccccc2C1. The van der Waals surface area contributed by atoms with E-state index in [4.69, 9.17) is 11.6 Å². The summed E-state index contributed by atoms with van der Waals surface area (Å²) >= 11 is 5.64. The number of carbonyl (C=O) groups excluding carboxylic acids is 1. The molecule has 0 atom stereocenters. The van der Waals surface area contributed by atoms with Crippen molar-refractivity contribution in [3.63, 3.8) is 0 Å². The Kier molecular flexibility index (Phi) is 5.06. The van der Waals surface area contributed by atoms with Crippen molar-refractivity contribution in [2.45, 2.75) is 38.6 Å². The van der Waals surface area contributed by atoms with Gasteiger partial charge in [0.1, 0.15) is 0 Å². The maximum atomic E-state index is 12.1. The Hall–Kier alpha value is -1.02. The number of aryl methyl sites for hydroxylation is 1. The van der Waals surface area contributed by atoms with Gasteiger partial charge in [-0.15, -0.1) is 11.6 Å².